The van der Waals surface area contributed by atoms with Crippen LogP contribution in [0.2, 0.25) is 0 Å². The number of hydrogen-bond acceptors (Lipinski definition) is 2. The summed E-state index contributed by atoms with van der Waals surface area (Å²) in [5.41, 5.74) is 5.18. The second-order valence-corrected chi connectivity index (χ2v) is 5.67. The van der Waals surface area contributed by atoms with Crippen molar-refractivity contribution in [3.63, 3.8) is 0 Å². The van der Waals surface area contributed by atoms with Crippen LogP contribution in [0, 0.1) is 0 Å². The first-order valence-electron chi connectivity index (χ1n) is 5.75. The maximum Gasteiger partial charge on any atom is 0.401 e. The van der Waals surface area contributed by atoms with Gasteiger partial charge in [-0.3, -0.25) is 4.52 Å². The summed E-state index contributed by atoms with van der Waals surface area (Å²) in [6.45, 7) is 3.86. The molecule has 0 saturated heterocycles. The molecule has 2 unspecified atom stereocenters. The van der Waals surface area contributed by atoms with Crippen molar-refractivity contribution in [3.8, 4) is 0 Å². The van der Waals surface area contributed by atoms with Gasteiger partial charge in [0, 0.05) is 0 Å². The molecule has 5 heteroatoms. The van der Waals surface area contributed by atoms with Crippen LogP contribution in [0.1, 0.15) is 38.7 Å². The Hall–Kier alpha value is -0.670. The Balaban J connectivity index is 2.97. The van der Waals surface area contributed by atoms with Gasteiger partial charge in [-0.05, 0) is 18.9 Å². The smallest absolute Gasteiger partial charge is 0.313 e. The monoisotopic (exact) mass is 257 g/mol. The Morgan fingerprint density at radius 3 is 2.47 bits per heavy atom. The highest BCUT2D eigenvalue weighted by Gasteiger charge is 2.33. The Morgan fingerprint density at radius 2 is 2.00 bits per heavy atom. The molecule has 0 bridgehead atoms. The van der Waals surface area contributed by atoms with Crippen molar-refractivity contribution in [2.45, 2.75) is 38.7 Å². The molecular weight excluding hydrogens is 237 g/mol. The number of benzene rings is 1. The molecule has 2 atom stereocenters. The molecule has 0 spiro atoms. The van der Waals surface area contributed by atoms with Gasteiger partial charge in [-0.1, -0.05) is 50.1 Å². The quantitative estimate of drug-likeness (QED) is 0.768. The van der Waals surface area contributed by atoms with E-state index in [1.165, 1.54) is 0 Å². The summed E-state index contributed by atoms with van der Waals surface area (Å²) in [4.78, 5) is 9.23. The lowest BCUT2D eigenvalue weighted by Crippen LogP contribution is -2.26. The van der Waals surface area contributed by atoms with Gasteiger partial charge in [-0.2, -0.15) is 0 Å². The molecule has 17 heavy (non-hydrogen) atoms. The van der Waals surface area contributed by atoms with Crippen molar-refractivity contribution < 1.29 is 14.0 Å². The normalized spacial score (nSPS) is 18.4. The van der Waals surface area contributed by atoms with Crippen LogP contribution in [0.3, 0.4) is 0 Å². The fraction of sp³-hybridized carbons (Fsp3) is 0.500. The van der Waals surface area contributed by atoms with Crippen LogP contribution in [0.4, 0.5) is 0 Å². The summed E-state index contributed by atoms with van der Waals surface area (Å²) < 4.78 is 16.5. The number of unbranched alkanes of at least 4 members (excludes halogenated alkanes) is 1. The number of hydrogen-bond donors (Lipinski definition) is 2. The Labute approximate surface area is 102 Å². The minimum Gasteiger partial charge on any atom is -0.313 e. The Morgan fingerprint density at radius 1 is 1.41 bits per heavy atom. The van der Waals surface area contributed by atoms with Crippen LogP contribution >= 0.6 is 7.75 Å². The lowest BCUT2D eigenvalue weighted by atomic mass is 9.91. The van der Waals surface area contributed by atoms with E-state index in [2.05, 4.69) is 6.92 Å². The van der Waals surface area contributed by atoms with Gasteiger partial charge in [-0.15, -0.1) is 0 Å². The van der Waals surface area contributed by atoms with Gasteiger partial charge in [0.05, 0.1) is 0 Å². The largest absolute Gasteiger partial charge is 0.401 e. The lowest BCUT2D eigenvalue weighted by molar-refractivity contribution is 0.0603. The maximum atomic E-state index is 11.3. The summed E-state index contributed by atoms with van der Waals surface area (Å²) in [6.07, 6.45) is 2.56. The molecule has 96 valence electrons. The Kier molecular flexibility index (Phi) is 4.90. The fourth-order valence-corrected chi connectivity index (χ4v) is 2.61. The molecule has 0 fully saturated rings. The van der Waals surface area contributed by atoms with E-state index in [1.807, 2.05) is 30.3 Å². The van der Waals surface area contributed by atoms with E-state index < -0.39 is 13.3 Å². The third-order valence-corrected chi connectivity index (χ3v) is 3.39. The summed E-state index contributed by atoms with van der Waals surface area (Å²) in [6, 6.07) is 9.41. The molecule has 0 aliphatic rings. The van der Waals surface area contributed by atoms with E-state index in [0.717, 1.165) is 18.4 Å². The molecule has 4 nitrogen and oxygen atoms in total. The summed E-state index contributed by atoms with van der Waals surface area (Å²) in [7, 11) is -3.99. The van der Waals surface area contributed by atoms with Crippen molar-refractivity contribution >= 4 is 7.75 Å². The lowest BCUT2D eigenvalue weighted by Gasteiger charge is -2.31. The summed E-state index contributed by atoms with van der Waals surface area (Å²) in [5.74, 6) is 0. The topological polar surface area (TPSA) is 72.5 Å². The van der Waals surface area contributed by atoms with Crippen molar-refractivity contribution in [1.29, 1.82) is 0 Å². The van der Waals surface area contributed by atoms with Crippen LogP contribution in [0.15, 0.2) is 30.3 Å². The first kappa shape index (κ1) is 14.4. The molecule has 0 saturated carbocycles. The van der Waals surface area contributed by atoms with Crippen LogP contribution < -0.4 is 5.50 Å². The van der Waals surface area contributed by atoms with Gasteiger partial charge >= 0.3 is 7.75 Å². The van der Waals surface area contributed by atoms with Gasteiger partial charge in [-0.25, -0.2) is 10.1 Å². The average molecular weight is 257 g/mol. The highest BCUT2D eigenvalue weighted by atomic mass is 31.2. The summed E-state index contributed by atoms with van der Waals surface area (Å²) >= 11 is 0. The zero-order chi connectivity index (χ0) is 12.9. The predicted molar refractivity (Wildman–Crippen MR) is 68.4 cm³/mol. The first-order chi connectivity index (χ1) is 7.87. The minimum absolute atomic E-state index is 0.662. The fourth-order valence-electron chi connectivity index (χ4n) is 1.84. The van der Waals surface area contributed by atoms with Gasteiger partial charge in [0.15, 0.2) is 0 Å². The number of nitrogens with two attached hydrogens (primary N) is 1. The second-order valence-electron chi connectivity index (χ2n) is 4.36. The van der Waals surface area contributed by atoms with Gasteiger partial charge in [0.2, 0.25) is 0 Å². The average Bonchev–Trinajstić information content (AvgIpc) is 2.25. The maximum absolute atomic E-state index is 11.3. The standard InChI is InChI=1S/C12H20NO3P/c1-3-4-10-12(2,16-17(13,14)15)11-8-6-5-7-9-11/h5-9H,3-4,10H2,1-2H3,(H3,13,14,15). The minimum atomic E-state index is -3.99. The van der Waals surface area contributed by atoms with E-state index in [0.29, 0.717) is 6.42 Å². The molecule has 0 heterocycles. The van der Waals surface area contributed by atoms with E-state index in [1.54, 1.807) is 6.92 Å². The van der Waals surface area contributed by atoms with Crippen molar-refractivity contribution in [2.24, 2.45) is 5.50 Å². The molecule has 1 rings (SSSR count). The van der Waals surface area contributed by atoms with Gasteiger partial charge in [0.1, 0.15) is 5.60 Å². The van der Waals surface area contributed by atoms with Crippen molar-refractivity contribution in [2.75, 3.05) is 0 Å². The molecular formula is C12H20NO3P. The highest BCUT2D eigenvalue weighted by molar-refractivity contribution is 7.50. The molecule has 0 aromatic heterocycles. The zero-order valence-corrected chi connectivity index (χ0v) is 11.2. The molecule has 0 radical (unpaired) electrons. The predicted octanol–water partition coefficient (Wildman–Crippen LogP) is 3.17. The molecule has 3 N–H and O–H groups in total. The highest BCUT2D eigenvalue weighted by Crippen LogP contribution is 2.44. The van der Waals surface area contributed by atoms with E-state index in [-0.39, 0.29) is 0 Å². The SMILES string of the molecule is CCCCC(C)(OP(N)(=O)O)c1ccccc1. The molecule has 0 aliphatic heterocycles. The van der Waals surface area contributed by atoms with Crippen molar-refractivity contribution in [1.82, 2.24) is 0 Å². The number of rotatable bonds is 6. The van der Waals surface area contributed by atoms with E-state index in [9.17, 15) is 9.46 Å². The summed E-state index contributed by atoms with van der Waals surface area (Å²) in [5, 5.41) is 0. The van der Waals surface area contributed by atoms with Crippen molar-refractivity contribution in [3.05, 3.63) is 35.9 Å². The van der Waals surface area contributed by atoms with Crippen LogP contribution in [0.5, 0.6) is 0 Å². The van der Waals surface area contributed by atoms with Gasteiger partial charge < -0.3 is 4.89 Å². The van der Waals surface area contributed by atoms with Crippen LogP contribution in [0.25, 0.3) is 0 Å². The second kappa shape index (κ2) is 5.78. The third kappa shape index (κ3) is 4.60. The van der Waals surface area contributed by atoms with Crippen LogP contribution in [-0.2, 0) is 14.7 Å². The van der Waals surface area contributed by atoms with Crippen LogP contribution in [-0.4, -0.2) is 4.89 Å². The third-order valence-electron chi connectivity index (χ3n) is 2.72. The molecule has 1 aromatic carbocycles. The Bertz CT molecular complexity index is 390. The van der Waals surface area contributed by atoms with Gasteiger partial charge in [0.25, 0.3) is 0 Å². The van der Waals surface area contributed by atoms with E-state index >= 15 is 0 Å². The zero-order valence-electron chi connectivity index (χ0n) is 10.3. The molecule has 1 aromatic rings. The molecule has 0 amide bonds. The first-order valence-corrected chi connectivity index (χ1v) is 7.40. The van der Waals surface area contributed by atoms with E-state index in [4.69, 9.17) is 10.0 Å². The molecule has 0 aliphatic carbocycles.